The van der Waals surface area contributed by atoms with Crippen molar-refractivity contribution in [3.8, 4) is 0 Å². The van der Waals surface area contributed by atoms with Crippen LogP contribution < -0.4 is 0 Å². The number of carbonyl (C=O) groups is 1. The van der Waals surface area contributed by atoms with Gasteiger partial charge in [0, 0.05) is 31.1 Å². The summed E-state index contributed by atoms with van der Waals surface area (Å²) in [7, 11) is -3.20. The fraction of sp³-hybridized carbons (Fsp3) is 0.588. The normalized spacial score (nSPS) is 23.6. The topological polar surface area (TPSA) is 66.9 Å². The Morgan fingerprint density at radius 2 is 1.88 bits per heavy atom. The fourth-order valence-corrected chi connectivity index (χ4v) is 4.34. The molecule has 6 nitrogen and oxygen atoms in total. The van der Waals surface area contributed by atoms with E-state index < -0.39 is 16.1 Å². The first-order valence-corrected chi connectivity index (χ1v) is 10.3. The zero-order valence-corrected chi connectivity index (χ0v) is 15.0. The molecule has 2 heterocycles. The van der Waals surface area contributed by atoms with Crippen LogP contribution in [-0.2, 0) is 19.6 Å². The summed E-state index contributed by atoms with van der Waals surface area (Å²) in [5.74, 6) is -0.501. The monoisotopic (exact) mass is 370 g/mol. The van der Waals surface area contributed by atoms with E-state index in [0.717, 1.165) is 0 Å². The Balaban J connectivity index is 1.62. The second kappa shape index (κ2) is 7.39. The summed E-state index contributed by atoms with van der Waals surface area (Å²) in [6.07, 6.45) is 1.77. The summed E-state index contributed by atoms with van der Waals surface area (Å²) in [5.41, 5.74) is 0.465. The maximum Gasteiger partial charge on any atom is 0.225 e. The summed E-state index contributed by atoms with van der Waals surface area (Å²) in [5, 5.41) is 0. The van der Waals surface area contributed by atoms with Crippen LogP contribution in [0.15, 0.2) is 24.3 Å². The number of sulfonamides is 1. The van der Waals surface area contributed by atoms with E-state index in [-0.39, 0.29) is 17.6 Å². The molecule has 25 heavy (non-hydrogen) atoms. The van der Waals surface area contributed by atoms with Crippen molar-refractivity contribution in [3.63, 3.8) is 0 Å². The van der Waals surface area contributed by atoms with Gasteiger partial charge in [-0.1, -0.05) is 18.2 Å². The van der Waals surface area contributed by atoms with Crippen LogP contribution in [0.2, 0.25) is 0 Å². The minimum absolute atomic E-state index is 0.0118. The van der Waals surface area contributed by atoms with Crippen LogP contribution in [0.3, 0.4) is 0 Å². The van der Waals surface area contributed by atoms with Crippen molar-refractivity contribution in [1.29, 1.82) is 0 Å². The molecular weight excluding hydrogens is 347 g/mol. The van der Waals surface area contributed by atoms with Crippen LogP contribution in [0.4, 0.5) is 4.39 Å². The summed E-state index contributed by atoms with van der Waals surface area (Å²) >= 11 is 0. The van der Waals surface area contributed by atoms with Crippen molar-refractivity contribution in [2.24, 2.45) is 5.92 Å². The third kappa shape index (κ3) is 4.19. The van der Waals surface area contributed by atoms with Crippen LogP contribution >= 0.6 is 0 Å². The molecule has 138 valence electrons. The van der Waals surface area contributed by atoms with Crippen molar-refractivity contribution >= 4 is 15.9 Å². The molecule has 1 unspecified atom stereocenters. The molecule has 8 heteroatoms. The van der Waals surface area contributed by atoms with E-state index in [1.165, 1.54) is 16.6 Å². The van der Waals surface area contributed by atoms with Crippen LogP contribution in [0.1, 0.15) is 24.5 Å². The highest BCUT2D eigenvalue weighted by molar-refractivity contribution is 7.88. The molecule has 0 aliphatic carbocycles. The predicted octanol–water partition coefficient (Wildman–Crippen LogP) is 1.40. The van der Waals surface area contributed by atoms with E-state index in [2.05, 4.69) is 0 Å². The van der Waals surface area contributed by atoms with E-state index in [4.69, 9.17) is 4.74 Å². The van der Waals surface area contributed by atoms with Crippen molar-refractivity contribution < 1.29 is 22.3 Å². The lowest BCUT2D eigenvalue weighted by atomic mass is 9.95. The first-order valence-electron chi connectivity index (χ1n) is 8.46. The van der Waals surface area contributed by atoms with Gasteiger partial charge in [0.2, 0.25) is 15.9 Å². The summed E-state index contributed by atoms with van der Waals surface area (Å²) in [6.45, 7) is 1.92. The van der Waals surface area contributed by atoms with E-state index in [1.54, 1.807) is 23.1 Å². The number of amides is 1. The zero-order chi connectivity index (χ0) is 18.0. The maximum absolute atomic E-state index is 14.0. The van der Waals surface area contributed by atoms with Crippen LogP contribution in [0.5, 0.6) is 0 Å². The summed E-state index contributed by atoms with van der Waals surface area (Å²) in [6, 6.07) is 6.45. The molecule has 0 radical (unpaired) electrons. The molecule has 3 rings (SSSR count). The minimum atomic E-state index is -3.20. The third-order valence-electron chi connectivity index (χ3n) is 4.90. The SMILES string of the molecule is CS(=O)(=O)N1CCC(C(=O)N2CCOC(c3ccccc3F)C2)CC1. The van der Waals surface area contributed by atoms with E-state index >= 15 is 0 Å². The third-order valence-corrected chi connectivity index (χ3v) is 6.21. The lowest BCUT2D eigenvalue weighted by Crippen LogP contribution is -2.48. The number of carbonyl (C=O) groups excluding carboxylic acids is 1. The average molecular weight is 370 g/mol. The molecule has 0 N–H and O–H groups in total. The molecule has 0 bridgehead atoms. The Kier molecular flexibility index (Phi) is 5.41. The van der Waals surface area contributed by atoms with Crippen molar-refractivity contribution in [1.82, 2.24) is 9.21 Å². The Morgan fingerprint density at radius 1 is 1.20 bits per heavy atom. The molecule has 1 atom stereocenters. The first kappa shape index (κ1) is 18.3. The first-order chi connectivity index (χ1) is 11.9. The highest BCUT2D eigenvalue weighted by Gasteiger charge is 2.34. The number of rotatable bonds is 3. The Morgan fingerprint density at radius 3 is 2.52 bits per heavy atom. The summed E-state index contributed by atoms with van der Waals surface area (Å²) in [4.78, 5) is 14.5. The second-order valence-electron chi connectivity index (χ2n) is 6.60. The number of ether oxygens (including phenoxy) is 1. The predicted molar refractivity (Wildman–Crippen MR) is 90.8 cm³/mol. The fourth-order valence-electron chi connectivity index (χ4n) is 3.47. The molecule has 1 aromatic rings. The van der Waals surface area contributed by atoms with Gasteiger partial charge >= 0.3 is 0 Å². The lowest BCUT2D eigenvalue weighted by molar-refractivity contribution is -0.144. The number of morpholine rings is 1. The highest BCUT2D eigenvalue weighted by Crippen LogP contribution is 2.27. The van der Waals surface area contributed by atoms with Crippen LogP contribution in [0, 0.1) is 11.7 Å². The van der Waals surface area contributed by atoms with Gasteiger partial charge in [0.25, 0.3) is 0 Å². The molecule has 0 saturated carbocycles. The van der Waals surface area contributed by atoms with Gasteiger partial charge in [-0.05, 0) is 18.9 Å². The molecule has 0 aromatic heterocycles. The largest absolute Gasteiger partial charge is 0.370 e. The van der Waals surface area contributed by atoms with Crippen LogP contribution in [0.25, 0.3) is 0 Å². The number of hydrogen-bond donors (Lipinski definition) is 0. The van der Waals surface area contributed by atoms with Crippen molar-refractivity contribution in [3.05, 3.63) is 35.6 Å². The number of hydrogen-bond acceptors (Lipinski definition) is 4. The molecule has 2 fully saturated rings. The number of benzene rings is 1. The molecule has 2 saturated heterocycles. The van der Waals surface area contributed by atoms with E-state index in [9.17, 15) is 17.6 Å². The van der Waals surface area contributed by atoms with Crippen molar-refractivity contribution in [2.75, 3.05) is 39.0 Å². The minimum Gasteiger partial charge on any atom is -0.370 e. The molecular formula is C17H23FN2O4S. The highest BCUT2D eigenvalue weighted by atomic mass is 32.2. The number of halogens is 1. The Bertz CT molecular complexity index is 732. The summed E-state index contributed by atoms with van der Waals surface area (Å²) < 4.78 is 44.2. The van der Waals surface area contributed by atoms with Gasteiger partial charge in [0.15, 0.2) is 0 Å². The van der Waals surface area contributed by atoms with Crippen LogP contribution in [-0.4, -0.2) is 62.6 Å². The number of nitrogens with zero attached hydrogens (tertiary/aromatic N) is 2. The lowest BCUT2D eigenvalue weighted by Gasteiger charge is -2.37. The Labute approximate surface area is 147 Å². The molecule has 1 aromatic carbocycles. The van der Waals surface area contributed by atoms with Gasteiger partial charge in [0.1, 0.15) is 11.9 Å². The number of piperidine rings is 1. The van der Waals surface area contributed by atoms with Gasteiger partial charge in [-0.3, -0.25) is 4.79 Å². The molecule has 2 aliphatic rings. The molecule has 0 spiro atoms. The second-order valence-corrected chi connectivity index (χ2v) is 8.58. The van der Waals surface area contributed by atoms with Gasteiger partial charge in [0.05, 0.1) is 19.4 Å². The van der Waals surface area contributed by atoms with Gasteiger partial charge < -0.3 is 9.64 Å². The zero-order valence-electron chi connectivity index (χ0n) is 14.2. The Hall–Kier alpha value is -1.51. The standard InChI is InChI=1S/C17H23FN2O4S/c1-25(22,23)20-8-6-13(7-9-20)17(21)19-10-11-24-16(12-19)14-4-2-3-5-15(14)18/h2-5,13,16H,6-12H2,1H3. The van der Waals surface area contributed by atoms with Gasteiger partial charge in [-0.15, -0.1) is 0 Å². The van der Waals surface area contributed by atoms with Gasteiger partial charge in [-0.25, -0.2) is 17.1 Å². The van der Waals surface area contributed by atoms with E-state index in [0.29, 0.717) is 51.2 Å². The quantitative estimate of drug-likeness (QED) is 0.807. The molecule has 2 aliphatic heterocycles. The molecule has 1 amide bonds. The van der Waals surface area contributed by atoms with Gasteiger partial charge in [-0.2, -0.15) is 0 Å². The van der Waals surface area contributed by atoms with E-state index in [1.807, 2.05) is 0 Å². The smallest absolute Gasteiger partial charge is 0.225 e. The van der Waals surface area contributed by atoms with Crippen molar-refractivity contribution in [2.45, 2.75) is 18.9 Å². The maximum atomic E-state index is 14.0. The average Bonchev–Trinajstić information content (AvgIpc) is 2.61.